The summed E-state index contributed by atoms with van der Waals surface area (Å²) in [6.07, 6.45) is 6.39. The van der Waals surface area contributed by atoms with Crippen molar-refractivity contribution in [2.75, 3.05) is 39.4 Å². The van der Waals surface area contributed by atoms with Gasteiger partial charge in [-0.15, -0.1) is 24.0 Å². The van der Waals surface area contributed by atoms with Crippen molar-refractivity contribution in [1.29, 1.82) is 0 Å². The molecule has 2 aliphatic rings. The third kappa shape index (κ3) is 5.70. The second kappa shape index (κ2) is 9.72. The molecule has 0 aromatic heterocycles. The van der Waals surface area contributed by atoms with E-state index >= 15 is 0 Å². The predicted octanol–water partition coefficient (Wildman–Crippen LogP) is 2.12. The van der Waals surface area contributed by atoms with Crippen molar-refractivity contribution < 1.29 is 4.74 Å². The minimum atomic E-state index is 0. The van der Waals surface area contributed by atoms with Crippen LogP contribution < -0.4 is 11.1 Å². The van der Waals surface area contributed by atoms with E-state index in [4.69, 9.17) is 10.5 Å². The van der Waals surface area contributed by atoms with Crippen molar-refractivity contribution in [3.05, 3.63) is 12.2 Å². The van der Waals surface area contributed by atoms with Gasteiger partial charge in [-0.1, -0.05) is 31.4 Å². The van der Waals surface area contributed by atoms with Crippen molar-refractivity contribution in [2.24, 2.45) is 10.7 Å². The summed E-state index contributed by atoms with van der Waals surface area (Å²) in [6.45, 7) is 11.1. The fourth-order valence-electron chi connectivity index (χ4n) is 3.35. The second-order valence-electron chi connectivity index (χ2n) is 6.40. The molecule has 1 saturated carbocycles. The van der Waals surface area contributed by atoms with Crippen LogP contribution in [0.15, 0.2) is 17.1 Å². The number of rotatable bonds is 5. The molecule has 128 valence electrons. The summed E-state index contributed by atoms with van der Waals surface area (Å²) in [5, 5.41) is 3.13. The van der Waals surface area contributed by atoms with Gasteiger partial charge < -0.3 is 15.8 Å². The van der Waals surface area contributed by atoms with Gasteiger partial charge in [-0.05, 0) is 19.8 Å². The van der Waals surface area contributed by atoms with E-state index in [1.807, 2.05) is 6.92 Å². The molecule has 1 heterocycles. The van der Waals surface area contributed by atoms with Crippen LogP contribution in [0.5, 0.6) is 0 Å². The molecular weight excluding hydrogens is 391 g/mol. The molecule has 2 fully saturated rings. The third-order valence-corrected chi connectivity index (χ3v) is 4.58. The van der Waals surface area contributed by atoms with Crippen molar-refractivity contribution >= 4 is 29.9 Å². The number of nitrogens with zero attached hydrogens (tertiary/aromatic N) is 2. The molecule has 1 aliphatic heterocycles. The van der Waals surface area contributed by atoms with Crippen molar-refractivity contribution in [3.8, 4) is 0 Å². The Labute approximate surface area is 151 Å². The van der Waals surface area contributed by atoms with Crippen LogP contribution in [0.2, 0.25) is 0 Å². The number of hydrogen-bond acceptors (Lipinski definition) is 3. The number of morpholine rings is 1. The highest BCUT2D eigenvalue weighted by Gasteiger charge is 2.38. The summed E-state index contributed by atoms with van der Waals surface area (Å²) in [7, 11) is 0. The average molecular weight is 422 g/mol. The number of halogens is 1. The fraction of sp³-hybridized carbons (Fsp3) is 0.812. The number of nitrogens with two attached hydrogens (primary N) is 1. The molecule has 0 radical (unpaired) electrons. The molecule has 0 bridgehead atoms. The summed E-state index contributed by atoms with van der Waals surface area (Å²) in [5.41, 5.74) is 7.24. The van der Waals surface area contributed by atoms with Gasteiger partial charge in [0.2, 0.25) is 0 Å². The van der Waals surface area contributed by atoms with Crippen LogP contribution in [0.4, 0.5) is 0 Å². The van der Waals surface area contributed by atoms with Crippen LogP contribution in [0.1, 0.15) is 39.0 Å². The number of guanidine groups is 1. The number of ether oxygens (including phenoxy) is 1. The SMILES string of the molecule is C=C(C)CNC(N)=NCC1(N2CCOCC2)CCCCC1.I. The third-order valence-electron chi connectivity index (χ3n) is 4.58. The first-order valence-electron chi connectivity index (χ1n) is 8.13. The van der Waals surface area contributed by atoms with Crippen LogP contribution in [0.25, 0.3) is 0 Å². The first kappa shape index (κ1) is 19.7. The monoisotopic (exact) mass is 422 g/mol. The molecule has 2 rings (SSSR count). The molecule has 5 nitrogen and oxygen atoms in total. The number of aliphatic imine (C=N–C) groups is 1. The predicted molar refractivity (Wildman–Crippen MR) is 103 cm³/mol. The van der Waals surface area contributed by atoms with Gasteiger partial charge in [0, 0.05) is 25.2 Å². The highest BCUT2D eigenvalue weighted by molar-refractivity contribution is 14.0. The summed E-state index contributed by atoms with van der Waals surface area (Å²) in [6, 6.07) is 0. The highest BCUT2D eigenvalue weighted by Crippen LogP contribution is 2.34. The molecule has 1 aliphatic carbocycles. The summed E-state index contributed by atoms with van der Waals surface area (Å²) < 4.78 is 5.50. The van der Waals surface area contributed by atoms with Crippen LogP contribution in [-0.2, 0) is 4.74 Å². The topological polar surface area (TPSA) is 62.9 Å². The Morgan fingerprint density at radius 1 is 1.27 bits per heavy atom. The number of hydrogen-bond donors (Lipinski definition) is 2. The van der Waals surface area contributed by atoms with Gasteiger partial charge in [0.25, 0.3) is 0 Å². The van der Waals surface area contributed by atoms with E-state index in [0.29, 0.717) is 12.5 Å². The standard InChI is InChI=1S/C16H30N4O.HI/c1-14(2)12-18-15(17)19-13-16(6-4-3-5-7-16)20-8-10-21-11-9-20;/h1,3-13H2,2H3,(H3,17,18,19);1H. The lowest BCUT2D eigenvalue weighted by molar-refractivity contribution is -0.0333. The molecule has 0 aromatic rings. The largest absolute Gasteiger partial charge is 0.379 e. The molecule has 3 N–H and O–H groups in total. The Balaban J connectivity index is 0.00000242. The Morgan fingerprint density at radius 3 is 2.50 bits per heavy atom. The molecular formula is C16H31IN4O. The van der Waals surface area contributed by atoms with Crippen LogP contribution >= 0.6 is 24.0 Å². The molecule has 0 unspecified atom stereocenters. The smallest absolute Gasteiger partial charge is 0.188 e. The van der Waals surface area contributed by atoms with Crippen LogP contribution in [-0.4, -0.2) is 55.8 Å². The first-order chi connectivity index (χ1) is 10.1. The summed E-state index contributed by atoms with van der Waals surface area (Å²) in [4.78, 5) is 7.22. The van der Waals surface area contributed by atoms with Crippen LogP contribution in [0, 0.1) is 0 Å². The van der Waals surface area contributed by atoms with Gasteiger partial charge >= 0.3 is 0 Å². The van der Waals surface area contributed by atoms with E-state index in [9.17, 15) is 0 Å². The van der Waals surface area contributed by atoms with E-state index in [2.05, 4.69) is 21.8 Å². The molecule has 22 heavy (non-hydrogen) atoms. The maximum atomic E-state index is 5.98. The van der Waals surface area contributed by atoms with Gasteiger partial charge in [0.1, 0.15) is 0 Å². The van der Waals surface area contributed by atoms with E-state index in [1.54, 1.807) is 0 Å². The lowest BCUT2D eigenvalue weighted by Crippen LogP contribution is -2.56. The van der Waals surface area contributed by atoms with Crippen molar-refractivity contribution in [2.45, 2.75) is 44.6 Å². The molecule has 0 spiro atoms. The van der Waals surface area contributed by atoms with Gasteiger partial charge in [-0.3, -0.25) is 9.89 Å². The lowest BCUT2D eigenvalue weighted by atomic mass is 9.80. The zero-order chi connectivity index (χ0) is 15.1. The Bertz CT molecular complexity index is 374. The average Bonchev–Trinajstić information content (AvgIpc) is 2.52. The zero-order valence-corrected chi connectivity index (χ0v) is 16.1. The van der Waals surface area contributed by atoms with Crippen LogP contribution in [0.3, 0.4) is 0 Å². The lowest BCUT2D eigenvalue weighted by Gasteiger charge is -2.47. The summed E-state index contributed by atoms with van der Waals surface area (Å²) in [5.74, 6) is 0.538. The molecule has 0 atom stereocenters. The molecule has 0 amide bonds. The molecule has 0 aromatic carbocycles. The van der Waals surface area contributed by atoms with E-state index in [-0.39, 0.29) is 29.5 Å². The van der Waals surface area contributed by atoms with Gasteiger partial charge in [0.15, 0.2) is 5.96 Å². The minimum Gasteiger partial charge on any atom is -0.379 e. The summed E-state index contributed by atoms with van der Waals surface area (Å²) >= 11 is 0. The fourth-order valence-corrected chi connectivity index (χ4v) is 3.35. The second-order valence-corrected chi connectivity index (χ2v) is 6.40. The molecule has 1 saturated heterocycles. The molecule has 6 heteroatoms. The zero-order valence-electron chi connectivity index (χ0n) is 13.8. The van der Waals surface area contributed by atoms with Crippen molar-refractivity contribution in [3.63, 3.8) is 0 Å². The van der Waals surface area contributed by atoms with Gasteiger partial charge in [0.05, 0.1) is 19.8 Å². The normalized spacial score (nSPS) is 22.7. The van der Waals surface area contributed by atoms with E-state index in [0.717, 1.165) is 38.4 Å². The quantitative estimate of drug-likeness (QED) is 0.309. The Kier molecular flexibility index (Phi) is 8.71. The Morgan fingerprint density at radius 2 is 1.91 bits per heavy atom. The highest BCUT2D eigenvalue weighted by atomic mass is 127. The van der Waals surface area contributed by atoms with E-state index in [1.165, 1.54) is 32.1 Å². The maximum Gasteiger partial charge on any atom is 0.188 e. The maximum absolute atomic E-state index is 5.98. The van der Waals surface area contributed by atoms with Crippen molar-refractivity contribution in [1.82, 2.24) is 10.2 Å². The van der Waals surface area contributed by atoms with E-state index < -0.39 is 0 Å². The van der Waals surface area contributed by atoms with Gasteiger partial charge in [-0.25, -0.2) is 0 Å². The minimum absolute atomic E-state index is 0. The number of nitrogens with one attached hydrogen (secondary N) is 1. The first-order valence-corrected chi connectivity index (χ1v) is 8.13. The Hall–Kier alpha value is -0.340. The van der Waals surface area contributed by atoms with Gasteiger partial charge in [-0.2, -0.15) is 0 Å².